The minimum absolute atomic E-state index is 0.288. The summed E-state index contributed by atoms with van der Waals surface area (Å²) < 4.78 is 15.7. The van der Waals surface area contributed by atoms with Crippen molar-refractivity contribution in [2.45, 2.75) is 25.0 Å². The van der Waals surface area contributed by atoms with Crippen LogP contribution in [0.2, 0.25) is 0 Å². The molecule has 0 aromatic rings. The summed E-state index contributed by atoms with van der Waals surface area (Å²) in [5.41, 5.74) is 0. The third kappa shape index (κ3) is 2.42. The van der Waals surface area contributed by atoms with E-state index in [1.165, 1.54) is 7.11 Å². The Kier molecular flexibility index (Phi) is 3.35. The Balaban J connectivity index is 2.15. The van der Waals surface area contributed by atoms with Gasteiger partial charge in [0.1, 0.15) is 0 Å². The van der Waals surface area contributed by atoms with Gasteiger partial charge in [-0.15, -0.1) is 0 Å². The van der Waals surface area contributed by atoms with E-state index in [0.29, 0.717) is 26.1 Å². The van der Waals surface area contributed by atoms with Crippen molar-refractivity contribution in [3.05, 3.63) is 0 Å². The standard InChI is InChI=1S/C11H16O6/c1-15-10(14)8-4-7(9(12)13)5-11(6-8)16-2-3-17-11/h7-8H,2-6H2,1H3,(H,12,13). The first-order chi connectivity index (χ1) is 8.06. The molecule has 96 valence electrons. The Morgan fingerprint density at radius 2 is 1.82 bits per heavy atom. The third-order valence-electron chi connectivity index (χ3n) is 3.38. The largest absolute Gasteiger partial charge is 0.481 e. The second-order valence-corrected chi connectivity index (χ2v) is 4.51. The summed E-state index contributed by atoms with van der Waals surface area (Å²) in [6, 6.07) is 0. The first-order valence-corrected chi connectivity index (χ1v) is 5.65. The first-order valence-electron chi connectivity index (χ1n) is 5.65. The number of hydrogen-bond acceptors (Lipinski definition) is 5. The maximum Gasteiger partial charge on any atom is 0.308 e. The summed E-state index contributed by atoms with van der Waals surface area (Å²) in [6.45, 7) is 0.889. The molecule has 0 radical (unpaired) electrons. The monoisotopic (exact) mass is 244 g/mol. The summed E-state index contributed by atoms with van der Waals surface area (Å²) in [5, 5.41) is 9.09. The molecule has 2 rings (SSSR count). The fourth-order valence-electron chi connectivity index (χ4n) is 2.61. The number of aliphatic carboxylic acids is 1. The highest BCUT2D eigenvalue weighted by Gasteiger charge is 2.49. The van der Waals surface area contributed by atoms with Crippen LogP contribution in [0, 0.1) is 11.8 Å². The summed E-state index contributed by atoms with van der Waals surface area (Å²) in [7, 11) is 1.30. The van der Waals surface area contributed by atoms with Gasteiger partial charge < -0.3 is 19.3 Å². The van der Waals surface area contributed by atoms with E-state index in [9.17, 15) is 9.59 Å². The van der Waals surface area contributed by atoms with Gasteiger partial charge in [0.05, 0.1) is 32.2 Å². The molecule has 1 N–H and O–H groups in total. The van der Waals surface area contributed by atoms with Gasteiger partial charge in [0, 0.05) is 12.8 Å². The Bertz CT molecular complexity index is 320. The van der Waals surface area contributed by atoms with Crippen molar-refractivity contribution >= 4 is 11.9 Å². The Hall–Kier alpha value is -1.14. The predicted octanol–water partition coefficient (Wildman–Crippen LogP) is 0.403. The smallest absolute Gasteiger partial charge is 0.308 e. The second kappa shape index (κ2) is 4.62. The number of carbonyl (C=O) groups excluding carboxylic acids is 1. The minimum Gasteiger partial charge on any atom is -0.481 e. The van der Waals surface area contributed by atoms with Crippen LogP contribution in [0.25, 0.3) is 0 Å². The van der Waals surface area contributed by atoms with Gasteiger partial charge >= 0.3 is 11.9 Å². The number of methoxy groups -OCH3 is 1. The zero-order valence-electron chi connectivity index (χ0n) is 9.68. The van der Waals surface area contributed by atoms with E-state index >= 15 is 0 Å². The van der Waals surface area contributed by atoms with Crippen LogP contribution in [0.15, 0.2) is 0 Å². The molecular weight excluding hydrogens is 228 g/mol. The van der Waals surface area contributed by atoms with E-state index in [4.69, 9.17) is 14.6 Å². The molecule has 1 saturated carbocycles. The molecule has 2 atom stereocenters. The Morgan fingerprint density at radius 3 is 2.35 bits per heavy atom. The molecule has 1 spiro atoms. The quantitative estimate of drug-likeness (QED) is 0.708. The van der Waals surface area contributed by atoms with E-state index in [-0.39, 0.29) is 6.42 Å². The average molecular weight is 244 g/mol. The van der Waals surface area contributed by atoms with Crippen LogP contribution in [0.4, 0.5) is 0 Å². The van der Waals surface area contributed by atoms with Gasteiger partial charge in [-0.2, -0.15) is 0 Å². The molecular formula is C11H16O6. The highest BCUT2D eigenvalue weighted by molar-refractivity contribution is 5.75. The molecule has 2 unspecified atom stereocenters. The number of esters is 1. The zero-order chi connectivity index (χ0) is 12.5. The highest BCUT2D eigenvalue weighted by atomic mass is 16.7. The lowest BCUT2D eigenvalue weighted by atomic mass is 9.77. The van der Waals surface area contributed by atoms with Crippen molar-refractivity contribution in [1.29, 1.82) is 0 Å². The van der Waals surface area contributed by atoms with Crippen LogP contribution in [0.1, 0.15) is 19.3 Å². The van der Waals surface area contributed by atoms with Crippen molar-refractivity contribution in [3.63, 3.8) is 0 Å². The minimum atomic E-state index is -0.919. The van der Waals surface area contributed by atoms with Crippen LogP contribution < -0.4 is 0 Å². The zero-order valence-corrected chi connectivity index (χ0v) is 9.68. The lowest BCUT2D eigenvalue weighted by Crippen LogP contribution is -2.44. The molecule has 17 heavy (non-hydrogen) atoms. The molecule has 0 aromatic carbocycles. The van der Waals surface area contributed by atoms with Gasteiger partial charge in [-0.1, -0.05) is 0 Å². The van der Waals surface area contributed by atoms with E-state index in [0.717, 1.165) is 0 Å². The van der Waals surface area contributed by atoms with Gasteiger partial charge in [0.2, 0.25) is 0 Å². The number of carboxylic acids is 1. The van der Waals surface area contributed by atoms with Crippen molar-refractivity contribution in [1.82, 2.24) is 0 Å². The van der Waals surface area contributed by atoms with Crippen LogP contribution in [0.3, 0.4) is 0 Å². The predicted molar refractivity (Wildman–Crippen MR) is 55.1 cm³/mol. The molecule has 0 amide bonds. The van der Waals surface area contributed by atoms with E-state index < -0.39 is 29.6 Å². The SMILES string of the molecule is COC(=O)C1CC(C(=O)O)CC2(C1)OCCO2. The second-order valence-electron chi connectivity index (χ2n) is 4.51. The molecule has 1 heterocycles. The van der Waals surface area contributed by atoms with Gasteiger partial charge in [-0.3, -0.25) is 9.59 Å². The fourth-order valence-corrected chi connectivity index (χ4v) is 2.61. The van der Waals surface area contributed by atoms with E-state index in [1.54, 1.807) is 0 Å². The number of hydrogen-bond donors (Lipinski definition) is 1. The molecule has 1 aliphatic heterocycles. The summed E-state index contributed by atoms with van der Waals surface area (Å²) in [4.78, 5) is 22.6. The summed E-state index contributed by atoms with van der Waals surface area (Å²) in [5.74, 6) is -3.30. The maximum absolute atomic E-state index is 11.5. The Labute approximate surface area is 98.8 Å². The van der Waals surface area contributed by atoms with E-state index in [2.05, 4.69) is 4.74 Å². The lowest BCUT2D eigenvalue weighted by molar-refractivity contribution is -0.207. The fraction of sp³-hybridized carbons (Fsp3) is 0.818. The molecule has 1 aliphatic carbocycles. The number of rotatable bonds is 2. The van der Waals surface area contributed by atoms with E-state index in [1.807, 2.05) is 0 Å². The van der Waals surface area contributed by atoms with Crippen LogP contribution in [0.5, 0.6) is 0 Å². The van der Waals surface area contributed by atoms with Crippen molar-refractivity contribution in [3.8, 4) is 0 Å². The Morgan fingerprint density at radius 1 is 1.24 bits per heavy atom. The molecule has 6 heteroatoms. The van der Waals surface area contributed by atoms with Crippen molar-refractivity contribution in [2.75, 3.05) is 20.3 Å². The average Bonchev–Trinajstić information content (AvgIpc) is 2.75. The number of carbonyl (C=O) groups is 2. The molecule has 2 fully saturated rings. The van der Waals surface area contributed by atoms with Crippen LogP contribution in [-0.4, -0.2) is 43.2 Å². The molecule has 1 saturated heterocycles. The van der Waals surface area contributed by atoms with Crippen molar-refractivity contribution < 1.29 is 28.9 Å². The van der Waals surface area contributed by atoms with Crippen LogP contribution >= 0.6 is 0 Å². The highest BCUT2D eigenvalue weighted by Crippen LogP contribution is 2.42. The van der Waals surface area contributed by atoms with Gasteiger partial charge in [0.15, 0.2) is 5.79 Å². The molecule has 0 bridgehead atoms. The number of ether oxygens (including phenoxy) is 3. The van der Waals surface area contributed by atoms with Gasteiger partial charge in [0.25, 0.3) is 0 Å². The topological polar surface area (TPSA) is 82.1 Å². The van der Waals surface area contributed by atoms with Gasteiger partial charge in [-0.25, -0.2) is 0 Å². The summed E-state index contributed by atoms with van der Waals surface area (Å²) in [6.07, 6.45) is 0.968. The third-order valence-corrected chi connectivity index (χ3v) is 3.38. The maximum atomic E-state index is 11.5. The normalized spacial score (nSPS) is 31.4. The summed E-state index contributed by atoms with van der Waals surface area (Å²) >= 11 is 0. The lowest BCUT2D eigenvalue weighted by Gasteiger charge is -2.37. The molecule has 2 aliphatic rings. The van der Waals surface area contributed by atoms with Crippen LogP contribution in [-0.2, 0) is 23.8 Å². The van der Waals surface area contributed by atoms with Crippen molar-refractivity contribution in [2.24, 2.45) is 11.8 Å². The number of carboxylic acid groups (broad SMARTS) is 1. The van der Waals surface area contributed by atoms with Gasteiger partial charge in [-0.05, 0) is 6.42 Å². The molecule has 0 aromatic heterocycles. The first kappa shape index (κ1) is 12.3. The molecule has 6 nitrogen and oxygen atoms in total.